The highest BCUT2D eigenvalue weighted by atomic mass is 32.2. The molecule has 0 spiro atoms. The van der Waals surface area contributed by atoms with Crippen molar-refractivity contribution in [3.63, 3.8) is 0 Å². The Morgan fingerprint density at radius 3 is 1.03 bits per heavy atom. The van der Waals surface area contributed by atoms with E-state index in [1.165, 1.54) is 12.8 Å². The molecule has 3 heterocycles. The zero-order valence-electron chi connectivity index (χ0n) is 44.7. The summed E-state index contributed by atoms with van der Waals surface area (Å²) in [7, 11) is -11.2. The first-order chi connectivity index (χ1) is 37.4. The molecule has 2 saturated carbocycles. The molecule has 2 fully saturated rings. The van der Waals surface area contributed by atoms with Gasteiger partial charge in [-0.1, -0.05) is 127 Å². The Labute approximate surface area is 456 Å². The first-order valence-corrected chi connectivity index (χ1v) is 32.5. The van der Waals surface area contributed by atoms with Crippen molar-refractivity contribution in [1.82, 2.24) is 0 Å². The lowest BCUT2D eigenvalue weighted by Gasteiger charge is -2.24. The molecule has 11 rings (SSSR count). The third-order valence-electron chi connectivity index (χ3n) is 16.2. The minimum absolute atomic E-state index is 0.0489. The number of rotatable bonds is 20. The van der Waals surface area contributed by atoms with Crippen LogP contribution in [0.15, 0.2) is 126 Å². The second kappa shape index (κ2) is 23.3. The molecule has 6 aromatic carbocycles. The summed E-state index contributed by atoms with van der Waals surface area (Å²) in [5.41, 5.74) is 4.91. The SMILES string of the molecule is CCCCCCOc1cc2c(cc1-c1cc3c(cc1OCC1CCCCC1)-c1cc(OCC4CCCCC4)c(-c4cc5c(cc4OCCCCCC)-c4ccccc4S5(=O)=O)cc1S3(=O)=O)S(=O)(=O)c1ccccc1-2.CO. The number of fused-ring (bicyclic) bond motifs is 9. The summed E-state index contributed by atoms with van der Waals surface area (Å²) in [6.07, 6.45) is 18.6. The molecule has 5 aliphatic rings. The average molecular weight is 1100 g/mol. The van der Waals surface area contributed by atoms with E-state index < -0.39 is 29.5 Å². The van der Waals surface area contributed by atoms with Crippen LogP contribution in [0.2, 0.25) is 0 Å². The van der Waals surface area contributed by atoms with Crippen LogP contribution in [-0.2, 0) is 29.5 Å². The van der Waals surface area contributed by atoms with E-state index in [1.807, 2.05) is 36.4 Å². The van der Waals surface area contributed by atoms with Gasteiger partial charge in [0.2, 0.25) is 29.5 Å². The molecule has 408 valence electrons. The molecule has 6 aromatic rings. The van der Waals surface area contributed by atoms with E-state index in [1.54, 1.807) is 60.7 Å². The smallest absolute Gasteiger partial charge is 0.207 e. The molecule has 77 heavy (non-hydrogen) atoms. The highest BCUT2D eigenvalue weighted by Crippen LogP contribution is 2.56. The molecule has 11 nitrogen and oxygen atoms in total. The number of hydrogen-bond acceptors (Lipinski definition) is 11. The Morgan fingerprint density at radius 2 is 0.675 bits per heavy atom. The van der Waals surface area contributed by atoms with E-state index in [0.29, 0.717) is 117 Å². The average Bonchev–Trinajstić information content (AvgIpc) is 3.92. The fourth-order valence-electron chi connectivity index (χ4n) is 12.0. The minimum Gasteiger partial charge on any atom is -0.493 e. The quantitative estimate of drug-likeness (QED) is 0.0724. The number of hydrogen-bond donors (Lipinski definition) is 1. The Morgan fingerprint density at radius 1 is 0.364 bits per heavy atom. The summed E-state index contributed by atoms with van der Waals surface area (Å²) in [5, 5.41) is 7.00. The molecular weight excluding hydrogens is 1030 g/mol. The molecule has 0 amide bonds. The third kappa shape index (κ3) is 10.6. The van der Waals surface area contributed by atoms with Crippen LogP contribution >= 0.6 is 0 Å². The van der Waals surface area contributed by atoms with Crippen LogP contribution in [0.25, 0.3) is 55.6 Å². The molecule has 0 saturated heterocycles. The van der Waals surface area contributed by atoms with Gasteiger partial charge in [-0.3, -0.25) is 0 Å². The Bertz CT molecular complexity index is 3270. The zero-order chi connectivity index (χ0) is 53.9. The normalized spacial score (nSPS) is 17.2. The Balaban J connectivity index is 0.00000332. The lowest BCUT2D eigenvalue weighted by molar-refractivity contribution is 0.209. The standard InChI is InChI=1S/C62H68O10S3.CH4O/c1-3-5-7-19-29-69-53-31-49-43-25-15-17-27-57(43)73(63,64)59(49)35-45(53)47-37-61-51(33-55(47)71-39-41-21-11-9-12-22-41)52-34-56(72-40-42-23-13-10-14-24-42)48(38-62(52)75(61,67)68)46-36-60-50(32-54(46)70-30-20-8-6-4-2)44-26-16-18-28-58(44)74(60,65)66;1-2/h15-18,25-28,31-38,41-42H,3-14,19-24,29-30,39-40H2,1-2H3;2H,1H3. The molecule has 0 bridgehead atoms. The molecule has 3 aliphatic heterocycles. The highest BCUT2D eigenvalue weighted by Gasteiger charge is 2.40. The predicted molar refractivity (Wildman–Crippen MR) is 302 cm³/mol. The van der Waals surface area contributed by atoms with Gasteiger partial charge in [0, 0.05) is 62.7 Å². The van der Waals surface area contributed by atoms with E-state index in [2.05, 4.69) is 13.8 Å². The van der Waals surface area contributed by atoms with Crippen molar-refractivity contribution < 1.29 is 49.3 Å². The van der Waals surface area contributed by atoms with Crippen molar-refractivity contribution in [1.29, 1.82) is 0 Å². The van der Waals surface area contributed by atoms with Gasteiger partial charge in [0.1, 0.15) is 23.0 Å². The number of benzene rings is 6. The van der Waals surface area contributed by atoms with Crippen molar-refractivity contribution in [2.75, 3.05) is 33.5 Å². The van der Waals surface area contributed by atoms with Gasteiger partial charge >= 0.3 is 0 Å². The summed E-state index contributed by atoms with van der Waals surface area (Å²) in [6, 6.07) is 27.8. The van der Waals surface area contributed by atoms with Gasteiger partial charge in [-0.15, -0.1) is 0 Å². The summed E-state index contributed by atoms with van der Waals surface area (Å²) in [4.78, 5) is 0.809. The minimum atomic E-state index is -4.30. The first-order valence-electron chi connectivity index (χ1n) is 28.0. The Hall–Kier alpha value is -5.67. The predicted octanol–water partition coefficient (Wildman–Crippen LogP) is 14.9. The number of aliphatic hydroxyl groups excluding tert-OH is 1. The molecule has 1 N–H and O–H groups in total. The van der Waals surface area contributed by atoms with Gasteiger partial charge in [-0.05, 0) is 111 Å². The highest BCUT2D eigenvalue weighted by molar-refractivity contribution is 7.92. The summed E-state index contributed by atoms with van der Waals surface area (Å²) in [6.45, 7) is 5.90. The monoisotopic (exact) mass is 1100 g/mol. The van der Waals surface area contributed by atoms with Crippen molar-refractivity contribution in [3.05, 3.63) is 97.1 Å². The molecular formula is C63H72O11S3. The molecule has 0 aromatic heterocycles. The molecule has 14 heteroatoms. The van der Waals surface area contributed by atoms with Crippen LogP contribution in [0.1, 0.15) is 129 Å². The maximum absolute atomic E-state index is 15.5. The Kier molecular flexibility index (Phi) is 16.6. The lowest BCUT2D eigenvalue weighted by Crippen LogP contribution is -2.15. The maximum Gasteiger partial charge on any atom is 0.207 e. The summed E-state index contributed by atoms with van der Waals surface area (Å²) >= 11 is 0. The van der Waals surface area contributed by atoms with E-state index in [-0.39, 0.29) is 29.4 Å². The van der Waals surface area contributed by atoms with Crippen molar-refractivity contribution in [2.24, 2.45) is 11.8 Å². The topological polar surface area (TPSA) is 160 Å². The van der Waals surface area contributed by atoms with Gasteiger partial charge in [-0.2, -0.15) is 0 Å². The third-order valence-corrected chi connectivity index (χ3v) is 21.7. The second-order valence-corrected chi connectivity index (χ2v) is 27.0. The maximum atomic E-state index is 15.5. The van der Waals surface area contributed by atoms with E-state index in [9.17, 15) is 16.8 Å². The number of sulfone groups is 3. The van der Waals surface area contributed by atoms with Crippen molar-refractivity contribution >= 4 is 29.5 Å². The second-order valence-electron chi connectivity index (χ2n) is 21.3. The largest absolute Gasteiger partial charge is 0.493 e. The van der Waals surface area contributed by atoms with Gasteiger partial charge in [0.25, 0.3) is 0 Å². The fraction of sp³-hybridized carbons (Fsp3) is 0.429. The molecule has 2 aliphatic carbocycles. The van der Waals surface area contributed by atoms with Crippen LogP contribution in [0, 0.1) is 11.8 Å². The van der Waals surface area contributed by atoms with Crippen LogP contribution < -0.4 is 18.9 Å². The van der Waals surface area contributed by atoms with Crippen LogP contribution in [0.3, 0.4) is 0 Å². The summed E-state index contributed by atoms with van der Waals surface area (Å²) < 4.78 is 116. The molecule has 0 atom stereocenters. The number of aliphatic hydroxyl groups is 1. The van der Waals surface area contributed by atoms with Crippen LogP contribution in [0.5, 0.6) is 23.0 Å². The van der Waals surface area contributed by atoms with Gasteiger partial charge in [-0.25, -0.2) is 25.3 Å². The van der Waals surface area contributed by atoms with Crippen LogP contribution in [-0.4, -0.2) is 63.9 Å². The van der Waals surface area contributed by atoms with Crippen molar-refractivity contribution in [3.8, 4) is 78.6 Å². The zero-order valence-corrected chi connectivity index (χ0v) is 47.2. The number of unbranched alkanes of at least 4 members (excludes halogenated alkanes) is 6. The molecule has 0 unspecified atom stereocenters. The van der Waals surface area contributed by atoms with Crippen molar-refractivity contribution in [2.45, 2.75) is 159 Å². The fourth-order valence-corrected chi connectivity index (χ4v) is 17.1. The molecule has 0 radical (unpaired) electrons. The van der Waals surface area contributed by atoms with E-state index >= 15 is 8.42 Å². The van der Waals surface area contributed by atoms with Gasteiger partial charge in [0.05, 0.1) is 55.8 Å². The first kappa shape index (κ1) is 54.7. The van der Waals surface area contributed by atoms with Gasteiger partial charge in [0.15, 0.2) is 0 Å². The van der Waals surface area contributed by atoms with Crippen LogP contribution in [0.4, 0.5) is 0 Å². The lowest BCUT2D eigenvalue weighted by atomic mass is 9.90. The van der Waals surface area contributed by atoms with E-state index in [4.69, 9.17) is 24.1 Å². The number of ether oxygens (including phenoxy) is 4. The van der Waals surface area contributed by atoms with E-state index in [0.717, 1.165) is 110 Å². The summed E-state index contributed by atoms with van der Waals surface area (Å²) in [5.74, 6) is 2.36. The van der Waals surface area contributed by atoms with Gasteiger partial charge < -0.3 is 24.1 Å².